The van der Waals surface area contributed by atoms with Crippen molar-refractivity contribution in [1.82, 2.24) is 0 Å². The van der Waals surface area contributed by atoms with Gasteiger partial charge in [0, 0.05) is 0 Å². The molecule has 0 aromatic carbocycles. The van der Waals surface area contributed by atoms with E-state index >= 15 is 0 Å². The predicted octanol–water partition coefficient (Wildman–Crippen LogP) is 12.5. The molecule has 0 unspecified atom stereocenters. The van der Waals surface area contributed by atoms with Gasteiger partial charge in [-0.1, -0.05) is 194 Å². The molecule has 0 atom stereocenters. The highest BCUT2D eigenvalue weighted by Gasteiger charge is 1.97. The van der Waals surface area contributed by atoms with Gasteiger partial charge < -0.3 is 5.32 Å². The Morgan fingerprint density at radius 3 is 0.579 bits per heavy atom. The molecule has 0 spiro atoms. The van der Waals surface area contributed by atoms with Crippen molar-refractivity contribution in [3.63, 3.8) is 0 Å². The highest BCUT2D eigenvalue weighted by atomic mass is 35.5. The average molecular weight is 559 g/mol. The molecule has 0 rings (SSSR count). The first kappa shape index (κ1) is 40.4. The fourth-order valence-electron chi connectivity index (χ4n) is 5.82. The van der Waals surface area contributed by atoms with Crippen molar-refractivity contribution in [2.45, 2.75) is 219 Å². The zero-order chi connectivity index (χ0) is 26.7. The van der Waals surface area contributed by atoms with Crippen LogP contribution in [0.5, 0.6) is 0 Å². The molecule has 0 bridgehead atoms. The monoisotopic (exact) mass is 559 g/mol. The Balaban J connectivity index is 0. The van der Waals surface area contributed by atoms with Crippen LogP contribution < -0.4 is 5.32 Å². The van der Waals surface area contributed by atoms with Gasteiger partial charge in [-0.15, -0.1) is 12.4 Å². The Morgan fingerprint density at radius 1 is 0.237 bits per heavy atom. The molecule has 1 nitrogen and oxygen atoms in total. The molecule has 0 radical (unpaired) electrons. The van der Waals surface area contributed by atoms with Gasteiger partial charge in [0.1, 0.15) is 0 Å². The maximum absolute atomic E-state index is 2.59. The van der Waals surface area contributed by atoms with Gasteiger partial charge in [-0.05, 0) is 25.7 Å². The first-order valence-corrected chi connectivity index (χ1v) is 18.2. The van der Waals surface area contributed by atoms with Crippen molar-refractivity contribution in [1.29, 1.82) is 0 Å². The molecule has 0 aliphatic heterocycles. The number of hydrogen-bond acceptors (Lipinski definition) is 0. The third-order valence-corrected chi connectivity index (χ3v) is 8.52. The number of nitrogens with two attached hydrogens (primary N) is 1. The molecule has 0 amide bonds. The van der Waals surface area contributed by atoms with Crippen molar-refractivity contribution >= 4 is 12.4 Å². The lowest BCUT2D eigenvalue weighted by atomic mass is 10.0. The number of hydrogen-bond donors (Lipinski definition) is 1. The summed E-state index contributed by atoms with van der Waals surface area (Å²) in [5.74, 6) is 0. The fourth-order valence-corrected chi connectivity index (χ4v) is 5.82. The van der Waals surface area contributed by atoms with E-state index in [1.807, 2.05) is 0 Å². The Bertz CT molecular complexity index is 338. The van der Waals surface area contributed by atoms with E-state index in [9.17, 15) is 0 Å². The van der Waals surface area contributed by atoms with Gasteiger partial charge in [-0.25, -0.2) is 0 Å². The maximum atomic E-state index is 2.59. The molecule has 38 heavy (non-hydrogen) atoms. The number of rotatable bonds is 34. The summed E-state index contributed by atoms with van der Waals surface area (Å²) in [5.41, 5.74) is 0. The summed E-state index contributed by atoms with van der Waals surface area (Å²) in [7, 11) is 0. The largest absolute Gasteiger partial charge is 0.346 e. The molecule has 0 heterocycles. The predicted molar refractivity (Wildman–Crippen MR) is 178 cm³/mol. The van der Waals surface area contributed by atoms with E-state index in [4.69, 9.17) is 0 Å². The second kappa shape index (κ2) is 39.4. The minimum absolute atomic E-state index is 0. The van der Waals surface area contributed by atoms with Crippen LogP contribution in [0.25, 0.3) is 0 Å². The quantitative estimate of drug-likeness (QED) is 0.0756. The van der Waals surface area contributed by atoms with Gasteiger partial charge in [0.2, 0.25) is 0 Å². The van der Waals surface area contributed by atoms with Crippen molar-refractivity contribution in [3.05, 3.63) is 0 Å². The Kier molecular flexibility index (Phi) is 41.9. The minimum Gasteiger partial charge on any atom is -0.346 e. The zero-order valence-electron chi connectivity index (χ0n) is 27.0. The van der Waals surface area contributed by atoms with E-state index in [2.05, 4.69) is 19.2 Å². The van der Waals surface area contributed by atoms with Crippen LogP contribution in [0.15, 0.2) is 0 Å². The van der Waals surface area contributed by atoms with E-state index in [0.29, 0.717) is 0 Å². The zero-order valence-corrected chi connectivity index (χ0v) is 27.8. The number of unbranched alkanes of at least 4 members (excludes halogenated alkanes) is 30. The summed E-state index contributed by atoms with van der Waals surface area (Å²) >= 11 is 0. The van der Waals surface area contributed by atoms with E-state index < -0.39 is 0 Å². The van der Waals surface area contributed by atoms with Crippen LogP contribution >= 0.6 is 12.4 Å². The molecule has 0 saturated heterocycles. The first-order chi connectivity index (χ1) is 18.4. The van der Waals surface area contributed by atoms with Crippen LogP contribution in [-0.4, -0.2) is 13.1 Å². The Hall–Kier alpha value is 0.250. The molecule has 2 N–H and O–H groups in total. The Labute approximate surface area is 249 Å². The molecule has 0 saturated carbocycles. The van der Waals surface area contributed by atoms with Crippen molar-refractivity contribution in [3.8, 4) is 0 Å². The second-order valence-corrected chi connectivity index (χ2v) is 12.5. The molecular formula is C36H77ClN+. The first-order valence-electron chi connectivity index (χ1n) is 18.2. The van der Waals surface area contributed by atoms with Crippen LogP contribution in [0.2, 0.25) is 0 Å². The van der Waals surface area contributed by atoms with Crippen molar-refractivity contribution < 1.29 is 5.32 Å². The molecule has 2 heteroatoms. The van der Waals surface area contributed by atoms with E-state index in [-0.39, 0.29) is 12.4 Å². The van der Waals surface area contributed by atoms with Gasteiger partial charge in [0.05, 0.1) is 13.1 Å². The van der Waals surface area contributed by atoms with Gasteiger partial charge in [0.25, 0.3) is 0 Å². The SMILES string of the molecule is CCCCCCCCCCCCCCCCCC[NH2+]CCCCCCCCCCCCCCCCCC.Cl. The summed E-state index contributed by atoms with van der Waals surface area (Å²) < 4.78 is 0. The molecule has 0 aromatic heterocycles. The van der Waals surface area contributed by atoms with Gasteiger partial charge in [-0.3, -0.25) is 0 Å². The maximum Gasteiger partial charge on any atom is 0.0755 e. The Morgan fingerprint density at radius 2 is 0.395 bits per heavy atom. The van der Waals surface area contributed by atoms with Gasteiger partial charge >= 0.3 is 0 Å². The highest BCUT2D eigenvalue weighted by molar-refractivity contribution is 5.85. The lowest BCUT2D eigenvalue weighted by molar-refractivity contribution is -0.655. The van der Waals surface area contributed by atoms with Crippen LogP contribution in [0.3, 0.4) is 0 Å². The van der Waals surface area contributed by atoms with E-state index in [1.165, 1.54) is 219 Å². The normalized spacial score (nSPS) is 11.2. The number of quaternary nitrogens is 1. The highest BCUT2D eigenvalue weighted by Crippen LogP contribution is 2.15. The third kappa shape index (κ3) is 38.4. The van der Waals surface area contributed by atoms with Crippen LogP contribution in [-0.2, 0) is 0 Å². The third-order valence-electron chi connectivity index (χ3n) is 8.52. The molecule has 0 aliphatic carbocycles. The summed E-state index contributed by atoms with van der Waals surface area (Å²) in [5, 5.41) is 2.59. The number of halogens is 1. The lowest BCUT2D eigenvalue weighted by Crippen LogP contribution is -2.84. The van der Waals surface area contributed by atoms with E-state index in [1.54, 1.807) is 0 Å². The summed E-state index contributed by atoms with van der Waals surface area (Å²) in [4.78, 5) is 0. The van der Waals surface area contributed by atoms with Crippen molar-refractivity contribution in [2.24, 2.45) is 0 Å². The average Bonchev–Trinajstić information content (AvgIpc) is 2.91. The molecule has 0 aliphatic rings. The van der Waals surface area contributed by atoms with Gasteiger partial charge in [-0.2, -0.15) is 0 Å². The molecule has 232 valence electrons. The lowest BCUT2D eigenvalue weighted by Gasteiger charge is -2.04. The smallest absolute Gasteiger partial charge is 0.0755 e. The minimum atomic E-state index is 0. The van der Waals surface area contributed by atoms with E-state index in [0.717, 1.165) is 0 Å². The molecule has 0 fully saturated rings. The fraction of sp³-hybridized carbons (Fsp3) is 1.00. The van der Waals surface area contributed by atoms with Crippen LogP contribution in [0.4, 0.5) is 0 Å². The van der Waals surface area contributed by atoms with Crippen molar-refractivity contribution in [2.75, 3.05) is 13.1 Å². The van der Waals surface area contributed by atoms with Gasteiger partial charge in [0.15, 0.2) is 0 Å². The summed E-state index contributed by atoms with van der Waals surface area (Å²) in [6.45, 7) is 7.36. The summed E-state index contributed by atoms with van der Waals surface area (Å²) in [6, 6.07) is 0. The van der Waals surface area contributed by atoms with Crippen LogP contribution in [0.1, 0.15) is 219 Å². The molecule has 0 aromatic rings. The standard InChI is InChI=1S/C36H75N.ClH/c1-3-5-7-9-11-13-15-17-19-21-23-25-27-29-31-33-35-37-36-34-32-30-28-26-24-22-20-18-16-14-12-10-8-6-4-2;/h37H,3-36H2,1-2H3;1H/p+1. The topological polar surface area (TPSA) is 16.6 Å². The summed E-state index contributed by atoms with van der Waals surface area (Å²) in [6.07, 6.45) is 47.0. The van der Waals surface area contributed by atoms with Crippen LogP contribution in [0, 0.1) is 0 Å². The molecular weight excluding hydrogens is 482 g/mol. The second-order valence-electron chi connectivity index (χ2n) is 12.5.